The lowest BCUT2D eigenvalue weighted by Crippen LogP contribution is -2.64. The number of benzene rings is 1. The van der Waals surface area contributed by atoms with Crippen LogP contribution in [0.25, 0.3) is 0 Å². The summed E-state index contributed by atoms with van der Waals surface area (Å²) in [6.45, 7) is 1.51. The first-order valence-electron chi connectivity index (χ1n) is 14.4. The molecule has 13 nitrogen and oxygen atoms in total. The van der Waals surface area contributed by atoms with Crippen LogP contribution in [-0.2, 0) is 20.6 Å². The number of nitrogens with one attached hydrogen (secondary N) is 2. The molecule has 41 heavy (non-hydrogen) atoms. The van der Waals surface area contributed by atoms with Gasteiger partial charge in [0.2, 0.25) is 0 Å². The fraction of sp³-hybridized carbons (Fsp3) is 0.750. The lowest BCUT2D eigenvalue weighted by Gasteiger charge is -2.46. The van der Waals surface area contributed by atoms with Crippen LogP contribution in [0.3, 0.4) is 0 Å². The topological polar surface area (TPSA) is 210 Å². The van der Waals surface area contributed by atoms with Crippen LogP contribution in [0, 0.1) is 0 Å². The average molecular weight is 587 g/mol. The maximum Gasteiger partial charge on any atom is 0.319 e. The minimum absolute atomic E-state index is 0.173. The fourth-order valence-electron chi connectivity index (χ4n) is 5.07. The Bertz CT molecular complexity index is 904. The molecule has 1 aromatic carbocycles. The van der Waals surface area contributed by atoms with Gasteiger partial charge >= 0.3 is 6.03 Å². The first kappa shape index (κ1) is 33.6. The Morgan fingerprint density at radius 3 is 2.07 bits per heavy atom. The van der Waals surface area contributed by atoms with Crippen molar-refractivity contribution in [2.24, 2.45) is 0 Å². The Morgan fingerprint density at radius 1 is 0.780 bits per heavy atom. The highest BCUT2D eigenvalue weighted by Gasteiger charge is 2.50. The van der Waals surface area contributed by atoms with Crippen molar-refractivity contribution in [2.45, 2.75) is 113 Å². The Hall–Kier alpha value is -1.91. The summed E-state index contributed by atoms with van der Waals surface area (Å²) in [4.78, 5) is 12.2. The van der Waals surface area contributed by atoms with E-state index in [2.05, 4.69) is 17.6 Å². The summed E-state index contributed by atoms with van der Waals surface area (Å²) in [6, 6.07) is 6.61. The van der Waals surface area contributed by atoms with Gasteiger partial charge in [0.15, 0.2) is 6.29 Å². The Morgan fingerprint density at radius 2 is 1.41 bits per heavy atom. The van der Waals surface area contributed by atoms with Crippen molar-refractivity contribution in [3.63, 3.8) is 0 Å². The van der Waals surface area contributed by atoms with E-state index in [-0.39, 0.29) is 12.5 Å². The van der Waals surface area contributed by atoms with Crippen molar-refractivity contribution in [3.8, 4) is 0 Å². The van der Waals surface area contributed by atoms with Gasteiger partial charge in [0.05, 0.1) is 19.3 Å². The lowest BCUT2D eigenvalue weighted by molar-refractivity contribution is -0.342. The van der Waals surface area contributed by atoms with Gasteiger partial charge in [-0.05, 0) is 24.1 Å². The highest BCUT2D eigenvalue weighted by molar-refractivity contribution is 5.89. The maximum atomic E-state index is 12.2. The molecule has 234 valence electrons. The molecule has 2 aliphatic rings. The van der Waals surface area contributed by atoms with Crippen LogP contribution in [0.1, 0.15) is 51.0 Å². The molecule has 10 atom stereocenters. The fourth-order valence-corrected chi connectivity index (χ4v) is 5.07. The van der Waals surface area contributed by atoms with Crippen LogP contribution in [0.5, 0.6) is 0 Å². The molecule has 0 aromatic heterocycles. The van der Waals surface area contributed by atoms with Crippen molar-refractivity contribution in [3.05, 3.63) is 29.8 Å². The monoisotopic (exact) mass is 586 g/mol. The van der Waals surface area contributed by atoms with Gasteiger partial charge in [0, 0.05) is 18.7 Å². The molecule has 10 unspecified atom stereocenters. The summed E-state index contributed by atoms with van der Waals surface area (Å²) < 4.78 is 16.7. The van der Waals surface area contributed by atoms with Gasteiger partial charge in [-0.3, -0.25) is 0 Å². The van der Waals surface area contributed by atoms with E-state index in [1.165, 1.54) is 25.7 Å². The van der Waals surface area contributed by atoms with Crippen LogP contribution in [-0.4, -0.2) is 123 Å². The van der Waals surface area contributed by atoms with E-state index in [9.17, 15) is 40.5 Å². The number of anilines is 1. The molecular weight excluding hydrogens is 540 g/mol. The van der Waals surface area contributed by atoms with Crippen molar-refractivity contribution in [1.82, 2.24) is 5.32 Å². The number of hydrogen-bond donors (Lipinski definition) is 9. The van der Waals surface area contributed by atoms with E-state index in [4.69, 9.17) is 14.2 Å². The lowest BCUT2D eigenvalue weighted by atomic mass is 9.91. The molecule has 0 aliphatic carbocycles. The molecule has 2 heterocycles. The summed E-state index contributed by atoms with van der Waals surface area (Å²) in [7, 11) is 0. The number of rotatable bonds is 14. The second kappa shape index (κ2) is 16.7. The smallest absolute Gasteiger partial charge is 0.319 e. The SMILES string of the molecule is CCCCCCCCNC(=O)Nc1ccc(CC2OC(CO)C(OC3OC(CO)C(O)C(O)C3O)C(O)C2O)cc1. The molecule has 3 rings (SSSR count). The molecule has 2 aliphatic heterocycles. The number of unbranched alkanes of at least 4 members (excludes halogenated alkanes) is 5. The van der Waals surface area contributed by atoms with Gasteiger partial charge in [0.1, 0.15) is 48.8 Å². The predicted molar refractivity (Wildman–Crippen MR) is 147 cm³/mol. The third-order valence-electron chi connectivity index (χ3n) is 7.57. The number of ether oxygens (including phenoxy) is 3. The first-order chi connectivity index (χ1) is 19.7. The summed E-state index contributed by atoms with van der Waals surface area (Å²) in [5, 5.41) is 76.7. The number of aliphatic hydroxyl groups is 7. The molecule has 2 amide bonds. The first-order valence-corrected chi connectivity index (χ1v) is 14.4. The van der Waals surface area contributed by atoms with Gasteiger partial charge in [-0.25, -0.2) is 4.79 Å². The van der Waals surface area contributed by atoms with E-state index < -0.39 is 74.4 Å². The highest BCUT2D eigenvalue weighted by Crippen LogP contribution is 2.30. The van der Waals surface area contributed by atoms with Gasteiger partial charge in [-0.2, -0.15) is 0 Å². The highest BCUT2D eigenvalue weighted by atomic mass is 16.7. The van der Waals surface area contributed by atoms with Gasteiger partial charge in [0.25, 0.3) is 0 Å². The Balaban J connectivity index is 1.50. The number of carbonyl (C=O) groups excluding carboxylic acids is 1. The summed E-state index contributed by atoms with van der Waals surface area (Å²) >= 11 is 0. The van der Waals surface area contributed by atoms with Gasteiger partial charge < -0.3 is 60.6 Å². The van der Waals surface area contributed by atoms with E-state index in [1.807, 2.05) is 0 Å². The molecule has 13 heteroatoms. The summed E-state index contributed by atoms with van der Waals surface area (Å²) in [6.07, 6.45) is -7.22. The summed E-state index contributed by atoms with van der Waals surface area (Å²) in [5.74, 6) is 0. The van der Waals surface area contributed by atoms with Crippen LogP contribution >= 0.6 is 0 Å². The van der Waals surface area contributed by atoms with Crippen molar-refractivity contribution >= 4 is 11.7 Å². The molecule has 0 bridgehead atoms. The van der Waals surface area contributed by atoms with Crippen LogP contribution in [0.15, 0.2) is 24.3 Å². The van der Waals surface area contributed by atoms with E-state index in [0.29, 0.717) is 12.2 Å². The molecular formula is C28H46N2O11. The number of amides is 2. The van der Waals surface area contributed by atoms with Gasteiger partial charge in [-0.15, -0.1) is 0 Å². The third-order valence-corrected chi connectivity index (χ3v) is 7.57. The van der Waals surface area contributed by atoms with Crippen molar-refractivity contribution < 1.29 is 54.8 Å². The van der Waals surface area contributed by atoms with Crippen LogP contribution < -0.4 is 10.6 Å². The predicted octanol–water partition coefficient (Wildman–Crippen LogP) is -0.622. The molecule has 2 fully saturated rings. The molecule has 0 saturated carbocycles. The Labute approximate surface area is 240 Å². The zero-order valence-electron chi connectivity index (χ0n) is 23.4. The quantitative estimate of drug-likeness (QED) is 0.125. The normalized spacial score (nSPS) is 33.9. The van der Waals surface area contributed by atoms with E-state index in [1.54, 1.807) is 24.3 Å². The number of urea groups is 1. The van der Waals surface area contributed by atoms with Crippen molar-refractivity contribution in [2.75, 3.05) is 25.1 Å². The van der Waals surface area contributed by atoms with Gasteiger partial charge in [-0.1, -0.05) is 51.2 Å². The standard InChI is InChI=1S/C28H46N2O11/c1-2-3-4-5-6-7-12-29-28(38)30-17-10-8-16(9-11-17)13-18-21(33)24(36)26(20(15-32)39-18)41-27-25(37)23(35)22(34)19(14-31)40-27/h8-11,18-27,31-37H,2-7,12-15H2,1H3,(H2,29,30,38). The van der Waals surface area contributed by atoms with E-state index in [0.717, 1.165) is 18.4 Å². The molecule has 9 N–H and O–H groups in total. The number of carbonyl (C=O) groups is 1. The zero-order chi connectivity index (χ0) is 29.9. The van der Waals surface area contributed by atoms with E-state index >= 15 is 0 Å². The second-order valence-corrected chi connectivity index (χ2v) is 10.7. The molecule has 0 spiro atoms. The molecule has 0 radical (unpaired) electrons. The number of hydrogen-bond acceptors (Lipinski definition) is 11. The minimum Gasteiger partial charge on any atom is -0.394 e. The maximum absolute atomic E-state index is 12.2. The minimum atomic E-state index is -1.72. The Kier molecular flexibility index (Phi) is 13.6. The molecule has 1 aromatic rings. The summed E-state index contributed by atoms with van der Waals surface area (Å²) in [5.41, 5.74) is 1.32. The average Bonchev–Trinajstić information content (AvgIpc) is 2.97. The second-order valence-electron chi connectivity index (χ2n) is 10.7. The van der Waals surface area contributed by atoms with Crippen LogP contribution in [0.2, 0.25) is 0 Å². The largest absolute Gasteiger partial charge is 0.394 e. The molecule has 2 saturated heterocycles. The third kappa shape index (κ3) is 9.29. The zero-order valence-corrected chi connectivity index (χ0v) is 23.4. The van der Waals surface area contributed by atoms with Crippen LogP contribution in [0.4, 0.5) is 10.5 Å². The van der Waals surface area contributed by atoms with Crippen molar-refractivity contribution in [1.29, 1.82) is 0 Å². The number of aliphatic hydroxyl groups excluding tert-OH is 7.